The Kier molecular flexibility index (Phi) is 5.53. The largest absolute Gasteiger partial charge is 0.487 e. The highest BCUT2D eigenvalue weighted by Gasteiger charge is 2.22. The van der Waals surface area contributed by atoms with Crippen LogP contribution in [0.4, 0.5) is 5.69 Å². The number of piperazine rings is 1. The van der Waals surface area contributed by atoms with Crippen LogP contribution in [0, 0.1) is 6.92 Å². The quantitative estimate of drug-likeness (QED) is 0.667. The number of carbonyl (C=O) groups is 1. The number of amides is 1. The molecule has 0 bridgehead atoms. The van der Waals surface area contributed by atoms with Gasteiger partial charge in [-0.15, -0.1) is 11.3 Å². The number of rotatable bonds is 5. The number of anilines is 1. The van der Waals surface area contributed by atoms with Gasteiger partial charge in [-0.3, -0.25) is 4.79 Å². The maximum absolute atomic E-state index is 12.8. The van der Waals surface area contributed by atoms with Crippen LogP contribution >= 0.6 is 11.3 Å². The Hall–Kier alpha value is -2.93. The van der Waals surface area contributed by atoms with Crippen LogP contribution < -0.4 is 14.6 Å². The van der Waals surface area contributed by atoms with Crippen molar-refractivity contribution in [3.8, 4) is 5.75 Å². The third kappa shape index (κ3) is 4.31. The van der Waals surface area contributed by atoms with E-state index in [2.05, 4.69) is 27.0 Å². The van der Waals surface area contributed by atoms with Crippen molar-refractivity contribution in [2.75, 3.05) is 31.1 Å². The fraction of sp³-hybridized carbons (Fsp3) is 0.286. The van der Waals surface area contributed by atoms with Gasteiger partial charge in [0.1, 0.15) is 12.4 Å². The molecule has 0 spiro atoms. The zero-order valence-corrected chi connectivity index (χ0v) is 16.6. The molecule has 3 heterocycles. The van der Waals surface area contributed by atoms with Crippen molar-refractivity contribution in [2.45, 2.75) is 13.5 Å². The minimum Gasteiger partial charge on any atom is -0.487 e. The first kappa shape index (κ1) is 18.4. The summed E-state index contributed by atoms with van der Waals surface area (Å²) in [5, 5.41) is 3.03. The van der Waals surface area contributed by atoms with E-state index in [0.717, 1.165) is 42.6 Å². The van der Waals surface area contributed by atoms with Crippen molar-refractivity contribution in [1.82, 2.24) is 9.88 Å². The van der Waals surface area contributed by atoms with E-state index in [-0.39, 0.29) is 5.91 Å². The molecule has 7 heteroatoms. The van der Waals surface area contributed by atoms with Gasteiger partial charge in [-0.05, 0) is 31.2 Å². The molecule has 0 atom stereocenters. The molecule has 1 fully saturated rings. The van der Waals surface area contributed by atoms with Gasteiger partial charge in [-0.2, -0.15) is 0 Å². The molecular formula is C21H23N4O2S+. The molecule has 1 saturated heterocycles. The number of ether oxygens (including phenoxy) is 1. The van der Waals surface area contributed by atoms with E-state index in [4.69, 9.17) is 4.74 Å². The van der Waals surface area contributed by atoms with Gasteiger partial charge >= 0.3 is 0 Å². The van der Waals surface area contributed by atoms with Gasteiger partial charge in [0, 0.05) is 54.9 Å². The van der Waals surface area contributed by atoms with Crippen molar-refractivity contribution in [1.29, 1.82) is 0 Å². The Labute approximate surface area is 168 Å². The first-order valence-electron chi connectivity index (χ1n) is 9.33. The number of nitrogens with one attached hydrogen (secondary N) is 1. The number of thiazole rings is 1. The van der Waals surface area contributed by atoms with Crippen LogP contribution in [0.2, 0.25) is 0 Å². The van der Waals surface area contributed by atoms with Crippen LogP contribution in [-0.2, 0) is 6.61 Å². The highest BCUT2D eigenvalue weighted by atomic mass is 32.1. The van der Waals surface area contributed by atoms with Crippen LogP contribution in [0.25, 0.3) is 0 Å². The van der Waals surface area contributed by atoms with Crippen molar-refractivity contribution >= 4 is 22.9 Å². The van der Waals surface area contributed by atoms with Crippen LogP contribution in [0.15, 0.2) is 54.2 Å². The van der Waals surface area contributed by atoms with Gasteiger partial charge in [0.05, 0.1) is 10.7 Å². The number of aromatic nitrogens is 2. The van der Waals surface area contributed by atoms with Crippen molar-refractivity contribution in [3.05, 3.63) is 70.4 Å². The highest BCUT2D eigenvalue weighted by Crippen LogP contribution is 2.19. The Balaban J connectivity index is 1.31. The van der Waals surface area contributed by atoms with Crippen molar-refractivity contribution < 1.29 is 14.5 Å². The molecule has 4 rings (SSSR count). The molecule has 1 aliphatic rings. The number of H-pyrrole nitrogens is 1. The van der Waals surface area contributed by atoms with E-state index in [1.165, 1.54) is 5.69 Å². The minimum atomic E-state index is 0.0720. The van der Waals surface area contributed by atoms with Gasteiger partial charge in [-0.25, -0.2) is 9.97 Å². The summed E-state index contributed by atoms with van der Waals surface area (Å²) >= 11 is 1.61. The van der Waals surface area contributed by atoms with Crippen LogP contribution in [0.3, 0.4) is 0 Å². The zero-order chi connectivity index (χ0) is 19.3. The molecule has 1 aliphatic heterocycles. The number of pyridine rings is 1. The molecule has 144 valence electrons. The maximum Gasteiger partial charge on any atom is 0.253 e. The van der Waals surface area contributed by atoms with Gasteiger partial charge in [0.2, 0.25) is 0 Å². The summed E-state index contributed by atoms with van der Waals surface area (Å²) in [4.78, 5) is 24.4. The Morgan fingerprint density at radius 1 is 1.11 bits per heavy atom. The second kappa shape index (κ2) is 8.39. The van der Waals surface area contributed by atoms with E-state index < -0.39 is 0 Å². The molecule has 6 nitrogen and oxygen atoms in total. The molecule has 1 N–H and O–H groups in total. The predicted octanol–water partition coefficient (Wildman–Crippen LogP) is 2.81. The lowest BCUT2D eigenvalue weighted by Crippen LogP contribution is -2.48. The van der Waals surface area contributed by atoms with Gasteiger partial charge < -0.3 is 14.5 Å². The average Bonchev–Trinajstić information content (AvgIpc) is 3.18. The topological polar surface area (TPSA) is 59.8 Å². The third-order valence-electron chi connectivity index (χ3n) is 4.79. The first-order chi connectivity index (χ1) is 13.7. The Morgan fingerprint density at radius 3 is 2.46 bits per heavy atom. The van der Waals surface area contributed by atoms with E-state index in [0.29, 0.717) is 12.2 Å². The lowest BCUT2D eigenvalue weighted by molar-refractivity contribution is -0.377. The molecule has 28 heavy (non-hydrogen) atoms. The van der Waals surface area contributed by atoms with E-state index >= 15 is 0 Å². The normalized spacial score (nSPS) is 14.2. The molecule has 3 aromatic rings. The van der Waals surface area contributed by atoms with E-state index in [9.17, 15) is 4.79 Å². The number of benzene rings is 1. The smallest absolute Gasteiger partial charge is 0.253 e. The van der Waals surface area contributed by atoms with E-state index in [1.54, 1.807) is 11.3 Å². The molecule has 0 unspecified atom stereocenters. The number of carbonyl (C=O) groups excluding carboxylic acids is 1. The van der Waals surface area contributed by atoms with Crippen LogP contribution in [0.1, 0.15) is 21.1 Å². The van der Waals surface area contributed by atoms with E-state index in [1.807, 2.05) is 53.9 Å². The van der Waals surface area contributed by atoms with Gasteiger partial charge in [0.25, 0.3) is 5.91 Å². The Bertz CT molecular complexity index is 919. The average molecular weight is 396 g/mol. The highest BCUT2D eigenvalue weighted by molar-refractivity contribution is 7.09. The predicted molar refractivity (Wildman–Crippen MR) is 109 cm³/mol. The first-order valence-corrected chi connectivity index (χ1v) is 10.2. The molecule has 2 aromatic heterocycles. The minimum absolute atomic E-state index is 0.0720. The fourth-order valence-electron chi connectivity index (χ4n) is 3.26. The fourth-order valence-corrected chi connectivity index (χ4v) is 3.86. The third-order valence-corrected chi connectivity index (χ3v) is 5.61. The number of aromatic amines is 1. The summed E-state index contributed by atoms with van der Waals surface area (Å²) in [6.45, 7) is 5.54. The monoisotopic (exact) mass is 395 g/mol. The zero-order valence-electron chi connectivity index (χ0n) is 15.8. The molecule has 0 aliphatic carbocycles. The number of hydrogen-bond donors (Lipinski definition) is 0. The summed E-state index contributed by atoms with van der Waals surface area (Å²) in [5.74, 6) is 0.815. The Morgan fingerprint density at radius 2 is 1.82 bits per heavy atom. The molecule has 0 saturated carbocycles. The molecular weight excluding hydrogens is 372 g/mol. The summed E-state index contributed by atoms with van der Waals surface area (Å²) in [7, 11) is 0. The number of hydrogen-bond acceptors (Lipinski definition) is 5. The second-order valence-electron chi connectivity index (χ2n) is 6.71. The number of nitrogens with zero attached hydrogens (tertiary/aromatic N) is 3. The summed E-state index contributed by atoms with van der Waals surface area (Å²) in [6, 6.07) is 11.5. The molecule has 1 amide bonds. The van der Waals surface area contributed by atoms with Gasteiger partial charge in [0.15, 0.2) is 12.4 Å². The maximum atomic E-state index is 12.8. The molecule has 0 radical (unpaired) electrons. The SMILES string of the molecule is Cc1nc(COc2ccc(C(=O)N3CCN(c4cc[nH+]cc4)CC3)cc2)cs1. The van der Waals surface area contributed by atoms with Crippen LogP contribution in [0.5, 0.6) is 5.75 Å². The summed E-state index contributed by atoms with van der Waals surface area (Å²) < 4.78 is 5.76. The summed E-state index contributed by atoms with van der Waals surface area (Å²) in [5.41, 5.74) is 2.80. The van der Waals surface area contributed by atoms with Crippen molar-refractivity contribution in [2.24, 2.45) is 0 Å². The van der Waals surface area contributed by atoms with Crippen LogP contribution in [-0.4, -0.2) is 42.0 Å². The number of aryl methyl sites for hydroxylation is 1. The van der Waals surface area contributed by atoms with Crippen molar-refractivity contribution in [3.63, 3.8) is 0 Å². The lowest BCUT2D eigenvalue weighted by atomic mass is 10.1. The van der Waals surface area contributed by atoms with Gasteiger partial charge in [-0.1, -0.05) is 0 Å². The molecule has 1 aromatic carbocycles. The second-order valence-corrected chi connectivity index (χ2v) is 7.77. The standard InChI is InChI=1S/C21H22N4O2S/c1-16-23-18(15-28-16)14-27-20-4-2-17(3-5-20)21(26)25-12-10-24(11-13-25)19-6-8-22-9-7-19/h2-9,15H,10-14H2,1H3/p+1. The summed E-state index contributed by atoms with van der Waals surface area (Å²) in [6.07, 6.45) is 3.85. The lowest BCUT2D eigenvalue weighted by Gasteiger charge is -2.35.